The van der Waals surface area contributed by atoms with Crippen LogP contribution in [0.25, 0.3) is 0 Å². The maximum Gasteiger partial charge on any atom is 0.257 e. The monoisotopic (exact) mass is 448 g/mol. The van der Waals surface area contributed by atoms with Crippen LogP contribution >= 0.6 is 0 Å². The molecule has 0 aliphatic carbocycles. The van der Waals surface area contributed by atoms with E-state index in [0.717, 1.165) is 54.6 Å². The summed E-state index contributed by atoms with van der Waals surface area (Å²) in [7, 11) is 0. The molecule has 174 valence electrons. The Kier molecular flexibility index (Phi) is 7.08. The zero-order valence-corrected chi connectivity index (χ0v) is 18.4. The van der Waals surface area contributed by atoms with Crippen molar-refractivity contribution in [3.63, 3.8) is 0 Å². The molecule has 4 rings (SSSR count). The topological polar surface area (TPSA) is 35.9 Å². The summed E-state index contributed by atoms with van der Waals surface area (Å²) in [6, 6.07) is 13.2. The Balaban J connectivity index is 1.47. The second kappa shape index (κ2) is 9.81. The fourth-order valence-electron chi connectivity index (χ4n) is 4.74. The van der Waals surface area contributed by atoms with Gasteiger partial charge >= 0.3 is 0 Å². The third-order valence-corrected chi connectivity index (χ3v) is 6.32. The van der Waals surface area contributed by atoms with Crippen LogP contribution in [-0.4, -0.2) is 66.8 Å². The van der Waals surface area contributed by atoms with Gasteiger partial charge < -0.3 is 9.84 Å². The van der Waals surface area contributed by atoms with E-state index in [1.807, 2.05) is 47.4 Å². The number of fused-ring (bicyclic) bond motifs is 1. The molecule has 2 aliphatic heterocycles. The highest BCUT2D eigenvalue weighted by atomic mass is 19.3. The Morgan fingerprint density at radius 2 is 1.88 bits per heavy atom. The van der Waals surface area contributed by atoms with Gasteiger partial charge in [-0.15, -0.1) is 0 Å². The highest BCUT2D eigenvalue weighted by molar-refractivity contribution is 5.43. The van der Waals surface area contributed by atoms with Crippen molar-refractivity contribution in [2.45, 2.75) is 31.9 Å². The number of alkyl halides is 3. The lowest BCUT2D eigenvalue weighted by Gasteiger charge is -2.39. The molecule has 2 aromatic carbocycles. The SMILES string of the molecule is CC(F)(F)CN1CCc2cc(CO)ccc2[C@@H]1c1ccc(OCCN2CC(CF)C2)cc1. The lowest BCUT2D eigenvalue weighted by Crippen LogP contribution is -2.49. The summed E-state index contributed by atoms with van der Waals surface area (Å²) in [6.07, 6.45) is 0.677. The van der Waals surface area contributed by atoms with Gasteiger partial charge in [0.1, 0.15) is 12.4 Å². The predicted molar refractivity (Wildman–Crippen MR) is 118 cm³/mol. The Bertz CT molecular complexity index is 895. The summed E-state index contributed by atoms with van der Waals surface area (Å²) >= 11 is 0. The van der Waals surface area contributed by atoms with E-state index in [1.54, 1.807) is 0 Å². The smallest absolute Gasteiger partial charge is 0.257 e. The molecule has 1 fully saturated rings. The van der Waals surface area contributed by atoms with E-state index in [2.05, 4.69) is 4.90 Å². The van der Waals surface area contributed by atoms with Gasteiger partial charge in [0, 0.05) is 39.0 Å². The van der Waals surface area contributed by atoms with Crippen molar-refractivity contribution in [3.05, 3.63) is 64.7 Å². The molecule has 1 atom stereocenters. The van der Waals surface area contributed by atoms with E-state index < -0.39 is 5.92 Å². The molecule has 0 amide bonds. The average molecular weight is 449 g/mol. The van der Waals surface area contributed by atoms with Crippen molar-refractivity contribution in [3.8, 4) is 5.75 Å². The maximum atomic E-state index is 13.9. The minimum Gasteiger partial charge on any atom is -0.492 e. The largest absolute Gasteiger partial charge is 0.492 e. The summed E-state index contributed by atoms with van der Waals surface area (Å²) in [5.74, 6) is -1.89. The number of nitrogens with zero attached hydrogens (tertiary/aromatic N) is 2. The molecule has 2 aliphatic rings. The molecule has 2 aromatic rings. The molecular weight excluding hydrogens is 417 g/mol. The van der Waals surface area contributed by atoms with E-state index in [9.17, 15) is 18.3 Å². The zero-order valence-electron chi connectivity index (χ0n) is 18.4. The molecule has 0 radical (unpaired) electrons. The second-order valence-electron chi connectivity index (χ2n) is 9.08. The predicted octanol–water partition coefficient (Wildman–Crippen LogP) is 4.06. The molecule has 0 aromatic heterocycles. The number of hydrogen-bond donors (Lipinski definition) is 1. The first-order chi connectivity index (χ1) is 15.4. The lowest BCUT2D eigenvalue weighted by atomic mass is 9.87. The van der Waals surface area contributed by atoms with Crippen LogP contribution in [0.2, 0.25) is 0 Å². The van der Waals surface area contributed by atoms with Crippen LogP contribution in [0.3, 0.4) is 0 Å². The summed E-state index contributed by atoms with van der Waals surface area (Å²) < 4.78 is 46.2. The molecule has 1 N–H and O–H groups in total. The molecule has 7 heteroatoms. The Morgan fingerprint density at radius 1 is 1.12 bits per heavy atom. The Morgan fingerprint density at radius 3 is 2.53 bits per heavy atom. The Labute approximate surface area is 187 Å². The molecule has 0 unspecified atom stereocenters. The summed E-state index contributed by atoms with van der Waals surface area (Å²) in [4.78, 5) is 4.00. The second-order valence-corrected chi connectivity index (χ2v) is 9.08. The minimum atomic E-state index is -2.79. The highest BCUT2D eigenvalue weighted by Gasteiger charge is 2.34. The molecular formula is C25H31F3N2O2. The van der Waals surface area contributed by atoms with E-state index in [1.165, 1.54) is 0 Å². The van der Waals surface area contributed by atoms with E-state index in [-0.39, 0.29) is 31.8 Å². The van der Waals surface area contributed by atoms with Gasteiger partial charge in [0.15, 0.2) is 0 Å². The first kappa shape index (κ1) is 23.1. The standard InChI is InChI=1S/C25H31F3N2O2/c1-25(27,28)17-30-9-8-21-12-18(16-31)2-7-23(21)24(30)20-3-5-22(6-4-20)32-11-10-29-14-19(13-26)15-29/h2-7,12,19,24,31H,8-11,13-17H2,1H3/t24-/m0/s1. The average Bonchev–Trinajstić information content (AvgIpc) is 2.74. The molecule has 1 saturated heterocycles. The van der Waals surface area contributed by atoms with Crippen LogP contribution in [0.4, 0.5) is 13.2 Å². The first-order valence-electron chi connectivity index (χ1n) is 11.2. The fraction of sp³-hybridized carbons (Fsp3) is 0.520. The molecule has 4 nitrogen and oxygen atoms in total. The third kappa shape index (κ3) is 5.45. The summed E-state index contributed by atoms with van der Waals surface area (Å²) in [5.41, 5.74) is 3.87. The van der Waals surface area contributed by atoms with Gasteiger partial charge in [0.25, 0.3) is 5.92 Å². The lowest BCUT2D eigenvalue weighted by molar-refractivity contribution is -0.0238. The van der Waals surface area contributed by atoms with Crippen molar-refractivity contribution in [1.29, 1.82) is 0 Å². The fourth-order valence-corrected chi connectivity index (χ4v) is 4.74. The van der Waals surface area contributed by atoms with Gasteiger partial charge in [0.05, 0.1) is 25.9 Å². The van der Waals surface area contributed by atoms with Crippen LogP contribution < -0.4 is 4.74 Å². The van der Waals surface area contributed by atoms with Gasteiger partial charge in [-0.05, 0) is 40.8 Å². The number of aliphatic hydroxyl groups excluding tert-OH is 1. The molecule has 2 heterocycles. The Hall–Kier alpha value is -2.09. The molecule has 0 saturated carbocycles. The van der Waals surface area contributed by atoms with Crippen molar-refractivity contribution in [2.24, 2.45) is 5.92 Å². The van der Waals surface area contributed by atoms with Gasteiger partial charge in [-0.2, -0.15) is 0 Å². The highest BCUT2D eigenvalue weighted by Crippen LogP contribution is 2.37. The molecule has 0 spiro atoms. The number of ether oxygens (including phenoxy) is 1. The quantitative estimate of drug-likeness (QED) is 0.628. The van der Waals surface area contributed by atoms with Crippen LogP contribution in [-0.2, 0) is 13.0 Å². The summed E-state index contributed by atoms with van der Waals surface area (Å²) in [6.45, 7) is 3.75. The van der Waals surface area contributed by atoms with Crippen LogP contribution in [0, 0.1) is 5.92 Å². The number of halogens is 3. The number of likely N-dealkylation sites (tertiary alicyclic amines) is 1. The van der Waals surface area contributed by atoms with Crippen molar-refractivity contribution >= 4 is 0 Å². The number of benzene rings is 2. The molecule has 0 bridgehead atoms. The van der Waals surface area contributed by atoms with E-state index in [4.69, 9.17) is 4.74 Å². The van der Waals surface area contributed by atoms with Gasteiger partial charge in [0.2, 0.25) is 0 Å². The normalized spacial score (nSPS) is 20.1. The van der Waals surface area contributed by atoms with Gasteiger partial charge in [-0.3, -0.25) is 14.2 Å². The minimum absolute atomic E-state index is 0.0351. The van der Waals surface area contributed by atoms with Crippen LogP contribution in [0.1, 0.15) is 35.2 Å². The number of rotatable bonds is 9. The van der Waals surface area contributed by atoms with Crippen LogP contribution in [0.5, 0.6) is 5.75 Å². The van der Waals surface area contributed by atoms with E-state index in [0.29, 0.717) is 19.6 Å². The summed E-state index contributed by atoms with van der Waals surface area (Å²) in [5, 5.41) is 9.46. The first-order valence-corrected chi connectivity index (χ1v) is 11.2. The van der Waals surface area contributed by atoms with Crippen molar-refractivity contribution in [2.75, 3.05) is 46.0 Å². The van der Waals surface area contributed by atoms with Gasteiger partial charge in [-0.1, -0.05) is 30.3 Å². The maximum absolute atomic E-state index is 13.9. The van der Waals surface area contributed by atoms with Crippen molar-refractivity contribution in [1.82, 2.24) is 9.80 Å². The van der Waals surface area contributed by atoms with Crippen LogP contribution in [0.15, 0.2) is 42.5 Å². The molecule has 32 heavy (non-hydrogen) atoms. The van der Waals surface area contributed by atoms with Gasteiger partial charge in [-0.25, -0.2) is 8.78 Å². The van der Waals surface area contributed by atoms with E-state index >= 15 is 0 Å². The van der Waals surface area contributed by atoms with Crippen molar-refractivity contribution < 1.29 is 23.0 Å². The zero-order chi connectivity index (χ0) is 22.7. The number of aliphatic hydroxyl groups is 1. The third-order valence-electron chi connectivity index (χ3n) is 6.32. The number of hydrogen-bond acceptors (Lipinski definition) is 4.